The topological polar surface area (TPSA) is 44.4 Å². The van der Waals surface area contributed by atoms with Gasteiger partial charge >= 0.3 is 0 Å². The maximum atomic E-state index is 14.1. The SMILES string of the molecule is CCNCc1c(F)cccc1N1CCNC(=O)C1(C)C. The van der Waals surface area contributed by atoms with Crippen molar-refractivity contribution in [3.63, 3.8) is 0 Å². The van der Waals surface area contributed by atoms with E-state index in [-0.39, 0.29) is 11.7 Å². The van der Waals surface area contributed by atoms with Crippen LogP contribution in [0.5, 0.6) is 0 Å². The zero-order valence-corrected chi connectivity index (χ0v) is 12.3. The number of hydrogen-bond donors (Lipinski definition) is 2. The van der Waals surface area contributed by atoms with Crippen LogP contribution in [0.1, 0.15) is 26.3 Å². The van der Waals surface area contributed by atoms with Crippen LogP contribution in [-0.4, -0.2) is 31.1 Å². The van der Waals surface area contributed by atoms with Crippen LogP contribution in [0.3, 0.4) is 0 Å². The lowest BCUT2D eigenvalue weighted by Crippen LogP contribution is -2.62. The number of carbonyl (C=O) groups excluding carboxylic acids is 1. The normalized spacial score (nSPS) is 18.0. The highest BCUT2D eigenvalue weighted by molar-refractivity contribution is 5.90. The summed E-state index contributed by atoms with van der Waals surface area (Å²) in [5.74, 6) is -0.257. The molecule has 1 aromatic carbocycles. The van der Waals surface area contributed by atoms with Gasteiger partial charge in [0.25, 0.3) is 0 Å². The van der Waals surface area contributed by atoms with Gasteiger partial charge in [0.1, 0.15) is 11.4 Å². The molecule has 2 N–H and O–H groups in total. The van der Waals surface area contributed by atoms with Gasteiger partial charge in [-0.15, -0.1) is 0 Å². The highest BCUT2D eigenvalue weighted by atomic mass is 19.1. The summed E-state index contributed by atoms with van der Waals surface area (Å²) in [6.07, 6.45) is 0. The second kappa shape index (κ2) is 5.79. The largest absolute Gasteiger partial charge is 0.355 e. The Bertz CT molecular complexity index is 502. The average molecular weight is 279 g/mol. The molecule has 0 radical (unpaired) electrons. The molecular formula is C15H22FN3O. The second-order valence-electron chi connectivity index (χ2n) is 5.48. The molecule has 20 heavy (non-hydrogen) atoms. The second-order valence-corrected chi connectivity index (χ2v) is 5.48. The van der Waals surface area contributed by atoms with Gasteiger partial charge in [-0.25, -0.2) is 4.39 Å². The van der Waals surface area contributed by atoms with Gasteiger partial charge in [0, 0.05) is 30.9 Å². The molecule has 0 atom stereocenters. The Morgan fingerprint density at radius 3 is 2.90 bits per heavy atom. The van der Waals surface area contributed by atoms with Crippen LogP contribution in [0.15, 0.2) is 18.2 Å². The van der Waals surface area contributed by atoms with Crippen molar-refractivity contribution in [2.45, 2.75) is 32.9 Å². The zero-order valence-electron chi connectivity index (χ0n) is 12.3. The van der Waals surface area contributed by atoms with Crippen LogP contribution in [0.25, 0.3) is 0 Å². The summed E-state index contributed by atoms with van der Waals surface area (Å²) in [5.41, 5.74) is 0.746. The zero-order chi connectivity index (χ0) is 14.8. The number of amides is 1. The van der Waals surface area contributed by atoms with Crippen LogP contribution in [0.4, 0.5) is 10.1 Å². The molecule has 2 rings (SSSR count). The monoisotopic (exact) mass is 279 g/mol. The molecule has 1 aliphatic rings. The Hall–Kier alpha value is -1.62. The Labute approximate surface area is 119 Å². The Morgan fingerprint density at radius 1 is 1.45 bits per heavy atom. The minimum Gasteiger partial charge on any atom is -0.355 e. The molecule has 0 spiro atoms. The molecule has 1 fully saturated rings. The first-order chi connectivity index (χ1) is 9.48. The fourth-order valence-corrected chi connectivity index (χ4v) is 2.55. The molecule has 110 valence electrons. The summed E-state index contributed by atoms with van der Waals surface area (Å²) in [7, 11) is 0. The summed E-state index contributed by atoms with van der Waals surface area (Å²) in [5, 5.41) is 6.02. The fourth-order valence-electron chi connectivity index (χ4n) is 2.55. The third-order valence-electron chi connectivity index (χ3n) is 3.79. The predicted octanol–water partition coefficient (Wildman–Crippen LogP) is 1.65. The highest BCUT2D eigenvalue weighted by Crippen LogP contribution is 2.30. The molecular weight excluding hydrogens is 257 g/mol. The van der Waals surface area contributed by atoms with Gasteiger partial charge in [-0.05, 0) is 32.5 Å². The van der Waals surface area contributed by atoms with Crippen molar-refractivity contribution < 1.29 is 9.18 Å². The van der Waals surface area contributed by atoms with Crippen molar-refractivity contribution in [2.75, 3.05) is 24.5 Å². The minimum absolute atomic E-state index is 0.0255. The van der Waals surface area contributed by atoms with Gasteiger partial charge in [-0.3, -0.25) is 4.79 Å². The number of rotatable bonds is 4. The van der Waals surface area contributed by atoms with Crippen molar-refractivity contribution in [3.8, 4) is 0 Å². The van der Waals surface area contributed by atoms with Crippen LogP contribution in [-0.2, 0) is 11.3 Å². The Morgan fingerprint density at radius 2 is 2.20 bits per heavy atom. The molecule has 1 heterocycles. The van der Waals surface area contributed by atoms with E-state index in [4.69, 9.17) is 0 Å². The van der Waals surface area contributed by atoms with Crippen molar-refractivity contribution >= 4 is 11.6 Å². The van der Waals surface area contributed by atoms with Gasteiger partial charge in [0.05, 0.1) is 0 Å². The average Bonchev–Trinajstić information content (AvgIpc) is 2.40. The number of nitrogens with zero attached hydrogens (tertiary/aromatic N) is 1. The molecule has 1 aliphatic heterocycles. The Kier molecular flexibility index (Phi) is 4.28. The van der Waals surface area contributed by atoms with Gasteiger partial charge in [0.2, 0.25) is 5.91 Å². The number of piperazine rings is 1. The van der Waals surface area contributed by atoms with Gasteiger partial charge in [0.15, 0.2) is 0 Å². The maximum Gasteiger partial charge on any atom is 0.245 e. The number of benzene rings is 1. The first-order valence-electron chi connectivity index (χ1n) is 7.02. The third kappa shape index (κ3) is 2.63. The number of anilines is 1. The fraction of sp³-hybridized carbons (Fsp3) is 0.533. The number of hydrogen-bond acceptors (Lipinski definition) is 3. The van der Waals surface area contributed by atoms with Crippen molar-refractivity contribution in [1.29, 1.82) is 0 Å². The van der Waals surface area contributed by atoms with Gasteiger partial charge < -0.3 is 15.5 Å². The third-order valence-corrected chi connectivity index (χ3v) is 3.79. The molecule has 0 bridgehead atoms. The molecule has 1 saturated heterocycles. The highest BCUT2D eigenvalue weighted by Gasteiger charge is 2.38. The predicted molar refractivity (Wildman–Crippen MR) is 78.2 cm³/mol. The van der Waals surface area contributed by atoms with Crippen LogP contribution in [0, 0.1) is 5.82 Å². The molecule has 5 heteroatoms. The molecule has 0 unspecified atom stereocenters. The Balaban J connectivity index is 2.40. The molecule has 1 aromatic rings. The van der Waals surface area contributed by atoms with E-state index in [1.54, 1.807) is 6.07 Å². The smallest absolute Gasteiger partial charge is 0.245 e. The number of carbonyl (C=O) groups is 1. The summed E-state index contributed by atoms with van der Waals surface area (Å²) >= 11 is 0. The van der Waals surface area contributed by atoms with E-state index in [1.807, 2.05) is 31.7 Å². The molecule has 0 saturated carbocycles. The standard InChI is InChI=1S/C15H22FN3O/c1-4-17-10-11-12(16)6-5-7-13(11)19-9-8-18-14(20)15(19,2)3/h5-7,17H,4,8-10H2,1-3H3,(H,18,20). The first kappa shape index (κ1) is 14.8. The number of halogens is 1. The quantitative estimate of drug-likeness (QED) is 0.881. The lowest BCUT2D eigenvalue weighted by molar-refractivity contribution is -0.126. The molecule has 0 aromatic heterocycles. The van der Waals surface area contributed by atoms with Crippen LogP contribution in [0.2, 0.25) is 0 Å². The summed E-state index contributed by atoms with van der Waals surface area (Å²) in [4.78, 5) is 14.0. The minimum atomic E-state index is -0.674. The van der Waals surface area contributed by atoms with E-state index < -0.39 is 5.54 Å². The molecule has 0 aliphatic carbocycles. The summed E-state index contributed by atoms with van der Waals surface area (Å²) in [6.45, 7) is 8.22. The van der Waals surface area contributed by atoms with E-state index >= 15 is 0 Å². The van der Waals surface area contributed by atoms with E-state index in [0.29, 0.717) is 25.2 Å². The lowest BCUT2D eigenvalue weighted by atomic mass is 9.96. The van der Waals surface area contributed by atoms with Gasteiger partial charge in [-0.1, -0.05) is 13.0 Å². The van der Waals surface area contributed by atoms with E-state index in [1.165, 1.54) is 6.07 Å². The van der Waals surface area contributed by atoms with E-state index in [0.717, 1.165) is 12.2 Å². The lowest BCUT2D eigenvalue weighted by Gasteiger charge is -2.43. The van der Waals surface area contributed by atoms with Crippen molar-refractivity contribution in [2.24, 2.45) is 0 Å². The molecule has 4 nitrogen and oxygen atoms in total. The summed E-state index contributed by atoms with van der Waals surface area (Å²) in [6, 6.07) is 5.05. The van der Waals surface area contributed by atoms with Crippen LogP contribution >= 0.6 is 0 Å². The van der Waals surface area contributed by atoms with Crippen LogP contribution < -0.4 is 15.5 Å². The van der Waals surface area contributed by atoms with E-state index in [9.17, 15) is 9.18 Å². The first-order valence-corrected chi connectivity index (χ1v) is 7.02. The van der Waals surface area contributed by atoms with Crippen molar-refractivity contribution in [3.05, 3.63) is 29.6 Å². The maximum absolute atomic E-state index is 14.1. The number of nitrogens with one attached hydrogen (secondary N) is 2. The van der Waals surface area contributed by atoms with E-state index in [2.05, 4.69) is 10.6 Å². The van der Waals surface area contributed by atoms with Crippen molar-refractivity contribution in [1.82, 2.24) is 10.6 Å². The summed E-state index contributed by atoms with van der Waals surface area (Å²) < 4.78 is 14.1. The van der Waals surface area contributed by atoms with Gasteiger partial charge in [-0.2, -0.15) is 0 Å². The molecule has 1 amide bonds.